The van der Waals surface area contributed by atoms with Gasteiger partial charge < -0.3 is 35.4 Å². The van der Waals surface area contributed by atoms with E-state index in [0.717, 1.165) is 0 Å². The maximum Gasteiger partial charge on any atom is 0.252 e. The monoisotopic (exact) mass is 422 g/mol. The van der Waals surface area contributed by atoms with Crippen LogP contribution in [0.4, 0.5) is 5.69 Å². The summed E-state index contributed by atoms with van der Waals surface area (Å²) in [6.45, 7) is 5.59. The number of nitrogens with one attached hydrogen (secondary N) is 2. The fraction of sp³-hybridized carbons (Fsp3) is 0.524. The molecule has 0 fully saturated rings. The summed E-state index contributed by atoms with van der Waals surface area (Å²) in [6, 6.07) is 5.80. The number of fused-ring (bicyclic) bond motifs is 1. The largest absolute Gasteiger partial charge is 0.489 e. The summed E-state index contributed by atoms with van der Waals surface area (Å²) in [5.41, 5.74) is 0.237. The van der Waals surface area contributed by atoms with Gasteiger partial charge in [0.05, 0.1) is 5.69 Å². The smallest absolute Gasteiger partial charge is 0.252 e. The number of rotatable bonds is 7. The first-order chi connectivity index (χ1) is 14.0. The van der Waals surface area contributed by atoms with Crippen molar-refractivity contribution in [2.75, 3.05) is 19.0 Å². The summed E-state index contributed by atoms with van der Waals surface area (Å²) >= 11 is 0. The maximum atomic E-state index is 12.6. The van der Waals surface area contributed by atoms with Crippen LogP contribution < -0.4 is 15.4 Å². The minimum Gasteiger partial charge on any atom is -0.489 e. The lowest BCUT2D eigenvalue weighted by molar-refractivity contribution is -0.150. The first kappa shape index (κ1) is 23.8. The molecule has 0 saturated carbocycles. The Balaban J connectivity index is 2.03. The summed E-state index contributed by atoms with van der Waals surface area (Å²) in [6.07, 6.45) is -3.31. The molecule has 0 aliphatic carbocycles. The van der Waals surface area contributed by atoms with E-state index in [1.165, 1.54) is 13.2 Å². The minimum absolute atomic E-state index is 0.124. The van der Waals surface area contributed by atoms with Gasteiger partial charge >= 0.3 is 0 Å². The van der Waals surface area contributed by atoms with E-state index in [1.54, 1.807) is 30.3 Å². The normalized spacial score (nSPS) is 20.9. The highest BCUT2D eigenvalue weighted by molar-refractivity contribution is 5.99. The standard InChI is InChI=1S/C21H30N2O7/c1-21(2,3)10-9-14(24)16(25)17(26)18(29-4)20(28)23-13-11-30-15-8-6-5-7-12(15)22-19(13)27/h5-10,13-14,16-18,24-26H,11H2,1-4H3,(H,22,27)(H,23,28)/t13-,14+,16-,17+,18+/m0/s1. The van der Waals surface area contributed by atoms with Gasteiger partial charge in [-0.15, -0.1) is 0 Å². The van der Waals surface area contributed by atoms with E-state index in [4.69, 9.17) is 9.47 Å². The molecular weight excluding hydrogens is 392 g/mol. The molecule has 0 spiro atoms. The molecule has 0 aromatic heterocycles. The van der Waals surface area contributed by atoms with Crippen LogP contribution in [0.3, 0.4) is 0 Å². The molecule has 1 aromatic carbocycles. The van der Waals surface area contributed by atoms with Crippen molar-refractivity contribution in [2.24, 2.45) is 5.41 Å². The maximum absolute atomic E-state index is 12.6. The first-order valence-corrected chi connectivity index (χ1v) is 9.63. The van der Waals surface area contributed by atoms with Crippen LogP contribution in [0, 0.1) is 5.41 Å². The molecule has 9 heteroatoms. The first-order valence-electron chi connectivity index (χ1n) is 9.63. The van der Waals surface area contributed by atoms with Gasteiger partial charge in [0, 0.05) is 7.11 Å². The van der Waals surface area contributed by atoms with Gasteiger partial charge in [-0.3, -0.25) is 9.59 Å². The molecular formula is C21H30N2O7. The molecule has 5 N–H and O–H groups in total. The van der Waals surface area contributed by atoms with Crippen molar-refractivity contribution in [3.63, 3.8) is 0 Å². The Morgan fingerprint density at radius 2 is 1.93 bits per heavy atom. The predicted molar refractivity (Wildman–Crippen MR) is 110 cm³/mol. The number of allylic oxidation sites excluding steroid dienone is 1. The summed E-state index contributed by atoms with van der Waals surface area (Å²) < 4.78 is 10.6. The summed E-state index contributed by atoms with van der Waals surface area (Å²) in [5, 5.41) is 35.8. The van der Waals surface area contributed by atoms with E-state index in [-0.39, 0.29) is 12.0 Å². The Morgan fingerprint density at radius 3 is 2.57 bits per heavy atom. The van der Waals surface area contributed by atoms with E-state index < -0.39 is 42.3 Å². The van der Waals surface area contributed by atoms with Crippen LogP contribution in [0.2, 0.25) is 0 Å². The highest BCUT2D eigenvalue weighted by atomic mass is 16.5. The quantitative estimate of drug-likeness (QED) is 0.396. The Hall–Kier alpha value is -2.46. The molecule has 0 bridgehead atoms. The van der Waals surface area contributed by atoms with Gasteiger partial charge in [0.15, 0.2) is 6.10 Å². The number of aliphatic hydroxyl groups excluding tert-OH is 3. The molecule has 1 aliphatic heterocycles. The number of aliphatic hydroxyl groups is 3. The number of hydrogen-bond donors (Lipinski definition) is 5. The number of carbonyl (C=O) groups excluding carboxylic acids is 2. The second-order valence-corrected chi connectivity index (χ2v) is 8.21. The van der Waals surface area contributed by atoms with E-state index in [0.29, 0.717) is 11.4 Å². The molecule has 5 atom stereocenters. The number of carbonyl (C=O) groups is 2. The zero-order valence-electron chi connectivity index (χ0n) is 17.5. The predicted octanol–water partition coefficient (Wildman–Crippen LogP) is 0.202. The molecule has 1 aromatic rings. The number of para-hydroxylation sites is 2. The molecule has 1 aliphatic rings. The van der Waals surface area contributed by atoms with Crippen molar-refractivity contribution in [1.29, 1.82) is 0 Å². The molecule has 0 radical (unpaired) electrons. The van der Waals surface area contributed by atoms with Gasteiger partial charge in [-0.25, -0.2) is 0 Å². The SMILES string of the molecule is CO[C@@H](C(=O)N[C@H]1COc2ccccc2NC1=O)[C@H](O)[C@@H](O)[C@H](O)C=CC(C)(C)C. The van der Waals surface area contributed by atoms with E-state index in [9.17, 15) is 24.9 Å². The Kier molecular flexibility index (Phi) is 7.96. The number of benzene rings is 1. The van der Waals surface area contributed by atoms with Crippen LogP contribution in [-0.4, -0.2) is 71.3 Å². The molecule has 2 rings (SSSR count). The Labute approximate surface area is 175 Å². The zero-order chi connectivity index (χ0) is 22.5. The highest BCUT2D eigenvalue weighted by Crippen LogP contribution is 2.26. The van der Waals surface area contributed by atoms with Gasteiger partial charge in [-0.1, -0.05) is 45.1 Å². The third kappa shape index (κ3) is 6.27. The number of ether oxygens (including phenoxy) is 2. The van der Waals surface area contributed by atoms with Gasteiger partial charge in [0.1, 0.15) is 36.7 Å². The van der Waals surface area contributed by atoms with Crippen LogP contribution >= 0.6 is 0 Å². The van der Waals surface area contributed by atoms with Crippen molar-refractivity contribution in [3.05, 3.63) is 36.4 Å². The van der Waals surface area contributed by atoms with Crippen LogP contribution in [0.25, 0.3) is 0 Å². The molecule has 0 saturated heterocycles. The van der Waals surface area contributed by atoms with Gasteiger partial charge in [0.2, 0.25) is 0 Å². The number of methoxy groups -OCH3 is 1. The molecule has 166 valence electrons. The average Bonchev–Trinajstić information content (AvgIpc) is 2.84. The molecule has 0 unspecified atom stereocenters. The van der Waals surface area contributed by atoms with Gasteiger partial charge in [0.25, 0.3) is 11.8 Å². The van der Waals surface area contributed by atoms with Crippen molar-refractivity contribution in [1.82, 2.24) is 5.32 Å². The molecule has 9 nitrogen and oxygen atoms in total. The lowest BCUT2D eigenvalue weighted by Crippen LogP contribution is -2.56. The molecule has 1 heterocycles. The third-order valence-corrected chi connectivity index (χ3v) is 4.50. The van der Waals surface area contributed by atoms with Crippen LogP contribution in [0.5, 0.6) is 5.75 Å². The van der Waals surface area contributed by atoms with Crippen molar-refractivity contribution in [3.8, 4) is 5.75 Å². The minimum atomic E-state index is -1.73. The topological polar surface area (TPSA) is 137 Å². The number of anilines is 1. The van der Waals surface area contributed by atoms with Gasteiger partial charge in [-0.05, 0) is 17.5 Å². The number of hydrogen-bond acceptors (Lipinski definition) is 7. The summed E-state index contributed by atoms with van der Waals surface area (Å²) in [5.74, 6) is -0.854. The van der Waals surface area contributed by atoms with E-state index >= 15 is 0 Å². The van der Waals surface area contributed by atoms with Crippen molar-refractivity contribution < 1.29 is 34.4 Å². The lowest BCUT2D eigenvalue weighted by Gasteiger charge is -2.28. The van der Waals surface area contributed by atoms with Gasteiger partial charge in [-0.2, -0.15) is 0 Å². The molecule has 30 heavy (non-hydrogen) atoms. The van der Waals surface area contributed by atoms with Crippen LogP contribution in [0.15, 0.2) is 36.4 Å². The van der Waals surface area contributed by atoms with E-state index in [2.05, 4.69) is 10.6 Å². The number of amides is 2. The Morgan fingerprint density at radius 1 is 1.27 bits per heavy atom. The Bertz CT molecular complexity index is 775. The lowest BCUT2D eigenvalue weighted by atomic mass is 9.94. The molecule has 2 amide bonds. The van der Waals surface area contributed by atoms with Crippen LogP contribution in [0.1, 0.15) is 20.8 Å². The summed E-state index contributed by atoms with van der Waals surface area (Å²) in [7, 11) is 1.18. The van der Waals surface area contributed by atoms with E-state index in [1.807, 2.05) is 20.8 Å². The fourth-order valence-electron chi connectivity index (χ4n) is 2.81. The fourth-order valence-corrected chi connectivity index (χ4v) is 2.81. The average molecular weight is 422 g/mol. The third-order valence-electron chi connectivity index (χ3n) is 4.50. The second kappa shape index (κ2) is 10.0. The van der Waals surface area contributed by atoms with Crippen molar-refractivity contribution in [2.45, 2.75) is 51.2 Å². The van der Waals surface area contributed by atoms with Crippen LogP contribution in [-0.2, 0) is 14.3 Å². The second-order valence-electron chi connectivity index (χ2n) is 8.21. The summed E-state index contributed by atoms with van der Waals surface area (Å²) in [4.78, 5) is 25.0. The zero-order valence-corrected chi connectivity index (χ0v) is 17.5. The highest BCUT2D eigenvalue weighted by Gasteiger charge is 2.37. The van der Waals surface area contributed by atoms with Crippen molar-refractivity contribution >= 4 is 17.5 Å².